The van der Waals surface area contributed by atoms with Crippen LogP contribution >= 0.6 is 23.2 Å². The molecule has 2 aromatic rings. The summed E-state index contributed by atoms with van der Waals surface area (Å²) in [5, 5.41) is 4.29. The van der Waals surface area contributed by atoms with Crippen LogP contribution in [-0.4, -0.2) is 19.0 Å². The lowest BCUT2D eigenvalue weighted by Gasteiger charge is -2.25. The third kappa shape index (κ3) is 4.97. The van der Waals surface area contributed by atoms with Crippen molar-refractivity contribution in [3.05, 3.63) is 64.1 Å². The van der Waals surface area contributed by atoms with E-state index < -0.39 is 6.04 Å². The number of hydrogen-bond donors (Lipinski definition) is 1. The van der Waals surface area contributed by atoms with Gasteiger partial charge in [-0.1, -0.05) is 53.5 Å². The number of nitrogens with one attached hydrogen (secondary N) is 1. The van der Waals surface area contributed by atoms with Gasteiger partial charge in [-0.3, -0.25) is 4.79 Å². The fraction of sp³-hybridized carbons (Fsp3) is 0.350. The van der Waals surface area contributed by atoms with Gasteiger partial charge < -0.3 is 10.1 Å². The molecule has 1 aliphatic heterocycles. The van der Waals surface area contributed by atoms with E-state index in [0.29, 0.717) is 22.4 Å². The quantitative estimate of drug-likeness (QED) is 0.718. The fourth-order valence-electron chi connectivity index (χ4n) is 3.10. The minimum Gasteiger partial charge on any atom is -0.381 e. The van der Waals surface area contributed by atoms with E-state index >= 15 is 0 Å². The molecule has 0 saturated carbocycles. The third-order valence-corrected chi connectivity index (χ3v) is 5.26. The summed E-state index contributed by atoms with van der Waals surface area (Å²) in [5.41, 5.74) is 1.73. The Morgan fingerprint density at radius 1 is 1.08 bits per heavy atom. The highest BCUT2D eigenvalue weighted by atomic mass is 35.5. The SMILES string of the molecule is O=C(CC1CCOCC1)C(Nc1ccc(Cl)c(Cl)c1)c1ccccc1. The molecule has 0 amide bonds. The van der Waals surface area contributed by atoms with Crippen LogP contribution in [0.2, 0.25) is 10.0 Å². The molecule has 0 spiro atoms. The summed E-state index contributed by atoms with van der Waals surface area (Å²) < 4.78 is 5.39. The van der Waals surface area contributed by atoms with E-state index in [1.807, 2.05) is 36.4 Å². The van der Waals surface area contributed by atoms with Crippen LogP contribution in [0.1, 0.15) is 30.9 Å². The Balaban J connectivity index is 1.79. The van der Waals surface area contributed by atoms with Gasteiger partial charge in [0.2, 0.25) is 0 Å². The van der Waals surface area contributed by atoms with Gasteiger partial charge in [0.15, 0.2) is 5.78 Å². The molecule has 1 N–H and O–H groups in total. The Morgan fingerprint density at radius 3 is 2.48 bits per heavy atom. The minimum absolute atomic E-state index is 0.184. The van der Waals surface area contributed by atoms with E-state index in [-0.39, 0.29) is 5.78 Å². The van der Waals surface area contributed by atoms with Crippen LogP contribution in [0.15, 0.2) is 48.5 Å². The summed E-state index contributed by atoms with van der Waals surface area (Å²) in [7, 11) is 0. The molecule has 0 aliphatic carbocycles. The van der Waals surface area contributed by atoms with Gasteiger partial charge >= 0.3 is 0 Å². The van der Waals surface area contributed by atoms with E-state index in [9.17, 15) is 4.79 Å². The first-order valence-electron chi connectivity index (χ1n) is 8.50. The number of ketones is 1. The molecule has 1 heterocycles. The molecule has 3 rings (SSSR count). The maximum atomic E-state index is 13.0. The Hall–Kier alpha value is -1.55. The molecule has 0 radical (unpaired) electrons. The molecule has 5 heteroatoms. The first-order valence-corrected chi connectivity index (χ1v) is 9.26. The molecule has 1 atom stereocenters. The highest BCUT2D eigenvalue weighted by Gasteiger charge is 2.25. The van der Waals surface area contributed by atoms with Crippen LogP contribution in [0.4, 0.5) is 5.69 Å². The van der Waals surface area contributed by atoms with E-state index in [1.54, 1.807) is 12.1 Å². The van der Waals surface area contributed by atoms with Gasteiger partial charge in [-0.15, -0.1) is 0 Å². The smallest absolute Gasteiger partial charge is 0.159 e. The number of hydrogen-bond acceptors (Lipinski definition) is 3. The monoisotopic (exact) mass is 377 g/mol. The van der Waals surface area contributed by atoms with E-state index in [2.05, 4.69) is 5.32 Å². The van der Waals surface area contributed by atoms with E-state index in [0.717, 1.165) is 37.3 Å². The summed E-state index contributed by atoms with van der Waals surface area (Å²) >= 11 is 12.1. The zero-order valence-corrected chi connectivity index (χ0v) is 15.4. The summed E-state index contributed by atoms with van der Waals surface area (Å²) in [6.07, 6.45) is 2.44. The second kappa shape index (κ2) is 8.70. The number of anilines is 1. The fourth-order valence-corrected chi connectivity index (χ4v) is 3.40. The number of halogens is 2. The molecule has 3 nitrogen and oxygen atoms in total. The maximum absolute atomic E-state index is 13.0. The Kier molecular flexibility index (Phi) is 6.35. The summed E-state index contributed by atoms with van der Waals surface area (Å²) in [5.74, 6) is 0.576. The zero-order valence-electron chi connectivity index (χ0n) is 13.9. The van der Waals surface area contributed by atoms with Crippen molar-refractivity contribution in [2.75, 3.05) is 18.5 Å². The molecular weight excluding hydrogens is 357 g/mol. The Morgan fingerprint density at radius 2 is 1.80 bits per heavy atom. The number of carbonyl (C=O) groups is 1. The van der Waals surface area contributed by atoms with E-state index in [1.165, 1.54) is 0 Å². The molecule has 1 fully saturated rings. The van der Waals surface area contributed by atoms with Crippen LogP contribution < -0.4 is 5.32 Å². The van der Waals surface area contributed by atoms with Crippen molar-refractivity contribution < 1.29 is 9.53 Å². The van der Waals surface area contributed by atoms with Gasteiger partial charge in [-0.05, 0) is 42.5 Å². The molecule has 0 bridgehead atoms. The number of benzene rings is 2. The largest absolute Gasteiger partial charge is 0.381 e. The molecule has 2 aromatic carbocycles. The van der Waals surface area contributed by atoms with Crippen molar-refractivity contribution in [3.63, 3.8) is 0 Å². The predicted molar refractivity (Wildman–Crippen MR) is 102 cm³/mol. The summed E-state index contributed by atoms with van der Waals surface area (Å²) in [4.78, 5) is 13.0. The van der Waals surface area contributed by atoms with Gasteiger partial charge in [0.25, 0.3) is 0 Å². The average molecular weight is 378 g/mol. The number of rotatable bonds is 6. The van der Waals surface area contributed by atoms with Gasteiger partial charge in [-0.25, -0.2) is 0 Å². The predicted octanol–water partition coefficient (Wildman–Crippen LogP) is 5.53. The molecule has 1 aliphatic rings. The van der Waals surface area contributed by atoms with Crippen molar-refractivity contribution in [2.45, 2.75) is 25.3 Å². The Bertz CT molecular complexity index is 715. The van der Waals surface area contributed by atoms with Crippen LogP contribution in [0.5, 0.6) is 0 Å². The number of ether oxygens (including phenoxy) is 1. The Labute approximate surface area is 158 Å². The van der Waals surface area contributed by atoms with Crippen molar-refractivity contribution in [1.82, 2.24) is 0 Å². The topological polar surface area (TPSA) is 38.3 Å². The third-order valence-electron chi connectivity index (χ3n) is 4.52. The molecule has 0 aromatic heterocycles. The van der Waals surface area contributed by atoms with Crippen molar-refractivity contribution in [2.24, 2.45) is 5.92 Å². The summed E-state index contributed by atoms with van der Waals surface area (Å²) in [6, 6.07) is 14.7. The second-order valence-electron chi connectivity index (χ2n) is 6.34. The minimum atomic E-state index is -0.402. The average Bonchev–Trinajstić information content (AvgIpc) is 2.64. The van der Waals surface area contributed by atoms with Crippen LogP contribution in [0.25, 0.3) is 0 Å². The highest BCUT2D eigenvalue weighted by Crippen LogP contribution is 2.30. The van der Waals surface area contributed by atoms with Crippen LogP contribution in [0, 0.1) is 5.92 Å². The lowest BCUT2D eigenvalue weighted by molar-refractivity contribution is -0.121. The van der Waals surface area contributed by atoms with Gasteiger partial charge in [-0.2, -0.15) is 0 Å². The normalized spacial score (nSPS) is 16.4. The molecular formula is C20H21Cl2NO2. The van der Waals surface area contributed by atoms with Crippen molar-refractivity contribution in [3.8, 4) is 0 Å². The van der Waals surface area contributed by atoms with Crippen LogP contribution in [0.3, 0.4) is 0 Å². The van der Waals surface area contributed by atoms with Gasteiger partial charge in [0.1, 0.15) is 6.04 Å². The maximum Gasteiger partial charge on any atom is 0.159 e. The van der Waals surface area contributed by atoms with E-state index in [4.69, 9.17) is 27.9 Å². The van der Waals surface area contributed by atoms with Gasteiger partial charge in [0, 0.05) is 25.3 Å². The van der Waals surface area contributed by atoms with Crippen LogP contribution in [-0.2, 0) is 9.53 Å². The lowest BCUT2D eigenvalue weighted by atomic mass is 9.90. The second-order valence-corrected chi connectivity index (χ2v) is 7.16. The van der Waals surface area contributed by atoms with Crippen molar-refractivity contribution in [1.29, 1.82) is 0 Å². The zero-order chi connectivity index (χ0) is 17.6. The highest BCUT2D eigenvalue weighted by molar-refractivity contribution is 6.42. The first kappa shape index (κ1) is 18.2. The van der Waals surface area contributed by atoms with Gasteiger partial charge in [0.05, 0.1) is 10.0 Å². The molecule has 1 unspecified atom stereocenters. The molecule has 132 valence electrons. The molecule has 1 saturated heterocycles. The molecule has 25 heavy (non-hydrogen) atoms. The lowest BCUT2D eigenvalue weighted by Crippen LogP contribution is -2.26. The first-order chi connectivity index (χ1) is 12.1. The summed E-state index contributed by atoms with van der Waals surface area (Å²) in [6.45, 7) is 1.49. The number of carbonyl (C=O) groups excluding carboxylic acids is 1. The standard InChI is InChI=1S/C20H21Cl2NO2/c21-17-7-6-16(13-18(17)22)23-20(15-4-2-1-3-5-15)19(24)12-14-8-10-25-11-9-14/h1-7,13-14,20,23H,8-12H2. The van der Waals surface area contributed by atoms with Crippen molar-refractivity contribution >= 4 is 34.7 Å². The number of Topliss-reactive ketones (excluding diaryl/α,β-unsaturated/α-hetero) is 1.